The summed E-state index contributed by atoms with van der Waals surface area (Å²) in [6.07, 6.45) is -0.122. The number of nitrogens with zero attached hydrogens (tertiary/aromatic N) is 2. The van der Waals surface area contributed by atoms with Crippen molar-refractivity contribution in [2.45, 2.75) is 6.23 Å². The monoisotopic (exact) mass is 382 g/mol. The van der Waals surface area contributed by atoms with Crippen LogP contribution in [0.25, 0.3) is 11.1 Å². The number of carboxylic acid groups (broad SMARTS) is 1. The number of rotatable bonds is 6. The second-order valence-electron chi connectivity index (χ2n) is 5.55. The lowest BCUT2D eigenvalue weighted by atomic mass is 10.0. The largest absolute Gasteiger partial charge is 0.477 e. The van der Waals surface area contributed by atoms with Gasteiger partial charge in [-0.05, 0) is 23.8 Å². The van der Waals surface area contributed by atoms with Crippen molar-refractivity contribution in [3.8, 4) is 11.1 Å². The van der Waals surface area contributed by atoms with Gasteiger partial charge >= 0.3 is 16.2 Å². The van der Waals surface area contributed by atoms with E-state index in [9.17, 15) is 23.1 Å². The summed E-state index contributed by atoms with van der Waals surface area (Å²) < 4.78 is 23.5. The molecule has 1 heterocycles. The van der Waals surface area contributed by atoms with E-state index in [2.05, 4.69) is 0 Å². The zero-order chi connectivity index (χ0) is 19.6. The molecular formula is C15H18N4O6S. The lowest BCUT2D eigenvalue weighted by Gasteiger charge is -2.18. The molecule has 2 rings (SSSR count). The fraction of sp³-hybridized carbons (Fsp3) is 0.200. The Morgan fingerprint density at radius 1 is 1.23 bits per heavy atom. The predicted octanol–water partition coefficient (Wildman–Crippen LogP) is -0.746. The summed E-state index contributed by atoms with van der Waals surface area (Å²) in [4.78, 5) is 24.9. The van der Waals surface area contributed by atoms with Crippen LogP contribution >= 0.6 is 0 Å². The van der Waals surface area contributed by atoms with Gasteiger partial charge in [0.15, 0.2) is 5.69 Å². The molecule has 2 aromatic rings. The summed E-state index contributed by atoms with van der Waals surface area (Å²) in [5, 5.41) is 23.5. The minimum Gasteiger partial charge on any atom is -0.477 e. The molecule has 10 nitrogen and oxygen atoms in total. The fourth-order valence-electron chi connectivity index (χ4n) is 2.45. The molecule has 11 heteroatoms. The molecular weight excluding hydrogens is 364 g/mol. The highest BCUT2D eigenvalue weighted by atomic mass is 32.2. The predicted molar refractivity (Wildman–Crippen MR) is 92.5 cm³/mol. The average Bonchev–Trinajstić information content (AvgIpc) is 2.99. The molecule has 6 N–H and O–H groups in total. The first-order valence-corrected chi connectivity index (χ1v) is 8.80. The van der Waals surface area contributed by atoms with Gasteiger partial charge in [0.05, 0.1) is 6.54 Å². The number of benzene rings is 1. The summed E-state index contributed by atoms with van der Waals surface area (Å²) in [5.74, 6) is -1.85. The van der Waals surface area contributed by atoms with Gasteiger partial charge in [-0.25, -0.2) is 13.9 Å². The van der Waals surface area contributed by atoms with Crippen molar-refractivity contribution in [1.29, 1.82) is 0 Å². The van der Waals surface area contributed by atoms with Gasteiger partial charge in [-0.15, -0.1) is 0 Å². The number of aliphatic hydroxyl groups excluding tert-OH is 1. The standard InChI is InChI=1S/C15H18N4O6S/c1-18(8-12(16)20)14(21)10-4-2-9(3-5-10)11-6-7-19(26(17,24)25)13(11)15(22)23/h2-7,12,20H,8,16H2,1H3,(H,22,23)(H2,17,24,25). The van der Waals surface area contributed by atoms with Crippen molar-refractivity contribution in [1.82, 2.24) is 8.87 Å². The lowest BCUT2D eigenvalue weighted by Crippen LogP contribution is -2.38. The molecule has 0 saturated carbocycles. The van der Waals surface area contributed by atoms with Crippen LogP contribution in [0, 0.1) is 0 Å². The summed E-state index contributed by atoms with van der Waals surface area (Å²) in [6, 6.07) is 7.18. The highest BCUT2D eigenvalue weighted by molar-refractivity contribution is 7.87. The maximum Gasteiger partial charge on any atom is 0.354 e. The Morgan fingerprint density at radius 2 is 1.81 bits per heavy atom. The quantitative estimate of drug-likeness (QED) is 0.476. The van der Waals surface area contributed by atoms with Gasteiger partial charge in [0, 0.05) is 24.4 Å². The number of carboxylic acids is 1. The first-order chi connectivity index (χ1) is 12.0. The van der Waals surface area contributed by atoms with Gasteiger partial charge in [-0.1, -0.05) is 12.1 Å². The van der Waals surface area contributed by atoms with Crippen LogP contribution in [0.1, 0.15) is 20.8 Å². The number of carbonyl (C=O) groups is 2. The molecule has 0 aliphatic heterocycles. The number of carbonyl (C=O) groups excluding carboxylic acids is 1. The van der Waals surface area contributed by atoms with E-state index < -0.39 is 28.1 Å². The highest BCUT2D eigenvalue weighted by Gasteiger charge is 2.23. The zero-order valence-electron chi connectivity index (χ0n) is 13.7. The molecule has 1 aromatic heterocycles. The SMILES string of the molecule is CN(CC(N)O)C(=O)c1ccc(-c2ccn(S(N)(=O)=O)c2C(=O)O)cc1. The zero-order valence-corrected chi connectivity index (χ0v) is 14.5. The number of nitrogens with two attached hydrogens (primary N) is 2. The molecule has 1 aromatic carbocycles. The van der Waals surface area contributed by atoms with Gasteiger partial charge in [0.25, 0.3) is 5.91 Å². The molecule has 0 radical (unpaired) electrons. The van der Waals surface area contributed by atoms with Crippen LogP contribution in [0.2, 0.25) is 0 Å². The number of likely N-dealkylation sites (N-methyl/N-ethyl adjacent to an activating group) is 1. The third-order valence-corrected chi connectivity index (χ3v) is 4.43. The maximum absolute atomic E-state index is 12.2. The summed E-state index contributed by atoms with van der Waals surface area (Å²) >= 11 is 0. The Morgan fingerprint density at radius 3 is 2.27 bits per heavy atom. The van der Waals surface area contributed by atoms with Gasteiger partial charge in [-0.2, -0.15) is 8.42 Å². The topological polar surface area (TPSA) is 169 Å². The number of hydrogen-bond donors (Lipinski definition) is 4. The van der Waals surface area contributed by atoms with Gasteiger partial charge < -0.3 is 20.8 Å². The molecule has 0 bridgehead atoms. The van der Waals surface area contributed by atoms with E-state index in [1.54, 1.807) is 0 Å². The number of amides is 1. The summed E-state index contributed by atoms with van der Waals surface area (Å²) in [7, 11) is -2.80. The van der Waals surface area contributed by atoms with E-state index in [4.69, 9.17) is 16.0 Å². The van der Waals surface area contributed by atoms with Crippen molar-refractivity contribution < 1.29 is 28.2 Å². The molecule has 0 fully saturated rings. The van der Waals surface area contributed by atoms with Gasteiger partial charge in [-0.3, -0.25) is 4.79 Å². The number of aliphatic hydroxyl groups is 1. The molecule has 0 spiro atoms. The van der Waals surface area contributed by atoms with Crippen molar-refractivity contribution in [3.05, 3.63) is 47.8 Å². The summed E-state index contributed by atoms with van der Waals surface area (Å²) in [6.45, 7) is -0.0546. The number of aromatic nitrogens is 1. The van der Waals surface area contributed by atoms with Crippen LogP contribution < -0.4 is 10.9 Å². The molecule has 1 unspecified atom stereocenters. The summed E-state index contributed by atoms with van der Waals surface area (Å²) in [5.41, 5.74) is 5.55. The van der Waals surface area contributed by atoms with E-state index in [0.29, 0.717) is 15.1 Å². The third-order valence-electron chi connectivity index (χ3n) is 3.58. The number of hydrogen-bond acceptors (Lipinski definition) is 6. The molecule has 1 atom stereocenters. The highest BCUT2D eigenvalue weighted by Crippen LogP contribution is 2.26. The molecule has 0 saturated heterocycles. The Hall–Kier alpha value is -2.73. The van der Waals surface area contributed by atoms with Crippen LogP contribution in [-0.4, -0.2) is 59.2 Å². The van der Waals surface area contributed by atoms with Crippen molar-refractivity contribution >= 4 is 22.1 Å². The van der Waals surface area contributed by atoms with Crippen LogP contribution in [0.3, 0.4) is 0 Å². The van der Waals surface area contributed by atoms with Crippen molar-refractivity contribution in [3.63, 3.8) is 0 Å². The second-order valence-corrected chi connectivity index (χ2v) is 6.98. The first kappa shape index (κ1) is 19.6. The minimum atomic E-state index is -4.27. The molecule has 1 amide bonds. The maximum atomic E-state index is 12.2. The van der Waals surface area contributed by atoms with E-state index in [0.717, 1.165) is 6.20 Å². The lowest BCUT2D eigenvalue weighted by molar-refractivity contribution is 0.0683. The van der Waals surface area contributed by atoms with E-state index in [1.165, 1.54) is 42.3 Å². The first-order valence-electron chi connectivity index (χ1n) is 7.30. The molecule has 140 valence electrons. The van der Waals surface area contributed by atoms with Crippen LogP contribution in [0.4, 0.5) is 0 Å². The van der Waals surface area contributed by atoms with Crippen LogP contribution in [0.5, 0.6) is 0 Å². The van der Waals surface area contributed by atoms with Crippen molar-refractivity contribution in [2.24, 2.45) is 10.9 Å². The smallest absolute Gasteiger partial charge is 0.354 e. The molecule has 0 aliphatic carbocycles. The van der Waals surface area contributed by atoms with Gasteiger partial charge in [0.2, 0.25) is 0 Å². The Kier molecular flexibility index (Phi) is 5.47. The van der Waals surface area contributed by atoms with E-state index in [-0.39, 0.29) is 18.0 Å². The second kappa shape index (κ2) is 7.25. The van der Waals surface area contributed by atoms with Gasteiger partial charge in [0.1, 0.15) is 6.23 Å². The molecule has 26 heavy (non-hydrogen) atoms. The fourth-order valence-corrected chi connectivity index (χ4v) is 3.11. The normalized spacial score (nSPS) is 12.6. The Bertz CT molecular complexity index is 934. The van der Waals surface area contributed by atoms with E-state index in [1.807, 2.05) is 0 Å². The van der Waals surface area contributed by atoms with E-state index >= 15 is 0 Å². The third kappa shape index (κ3) is 4.08. The van der Waals surface area contributed by atoms with Crippen LogP contribution in [0.15, 0.2) is 36.5 Å². The average molecular weight is 382 g/mol. The van der Waals surface area contributed by atoms with Crippen LogP contribution in [-0.2, 0) is 10.2 Å². The molecule has 0 aliphatic rings. The minimum absolute atomic E-state index is 0.0546. The Balaban J connectivity index is 2.39. The Labute approximate surface area is 149 Å². The van der Waals surface area contributed by atoms with Crippen molar-refractivity contribution in [2.75, 3.05) is 13.6 Å². The number of aromatic carboxylic acids is 1.